The predicted molar refractivity (Wildman–Crippen MR) is 150 cm³/mol. The highest BCUT2D eigenvalue weighted by atomic mass is 32.2. The molecule has 4 rings (SSSR count). The molecule has 0 bridgehead atoms. The molecular weight excluding hydrogens is 516 g/mol. The van der Waals surface area contributed by atoms with Gasteiger partial charge in [-0.05, 0) is 56.4 Å². The zero-order valence-corrected chi connectivity index (χ0v) is 23.1. The Hall–Kier alpha value is -3.43. The van der Waals surface area contributed by atoms with E-state index < -0.39 is 36.5 Å². The van der Waals surface area contributed by atoms with Crippen molar-refractivity contribution in [3.8, 4) is 0 Å². The van der Waals surface area contributed by atoms with Gasteiger partial charge in [-0.15, -0.1) is 11.8 Å². The molecule has 3 aromatic rings. The van der Waals surface area contributed by atoms with Gasteiger partial charge in [0, 0.05) is 0 Å². The molecular formula is C31H32O7S. The van der Waals surface area contributed by atoms with Crippen molar-refractivity contribution in [2.75, 3.05) is 5.75 Å². The van der Waals surface area contributed by atoms with Crippen LogP contribution in [0, 0.1) is 20.8 Å². The molecule has 0 aromatic heterocycles. The maximum Gasteiger partial charge on any atom is 0.343 e. The predicted octanol–water partition coefficient (Wildman–Crippen LogP) is 5.19. The number of aliphatic hydroxyl groups is 2. The summed E-state index contributed by atoms with van der Waals surface area (Å²) in [5.41, 5.74) is 4.34. The molecule has 0 radical (unpaired) electrons. The van der Waals surface area contributed by atoms with Crippen molar-refractivity contribution in [1.29, 1.82) is 0 Å². The first-order valence-corrected chi connectivity index (χ1v) is 13.7. The van der Waals surface area contributed by atoms with E-state index in [1.165, 1.54) is 11.8 Å². The number of rotatable bonds is 8. The lowest BCUT2D eigenvalue weighted by Crippen LogP contribution is -2.38. The number of aliphatic hydroxyl groups excluding tert-OH is 2. The van der Waals surface area contributed by atoms with Crippen molar-refractivity contribution in [1.82, 2.24) is 0 Å². The van der Waals surface area contributed by atoms with Gasteiger partial charge in [0.05, 0.1) is 16.0 Å². The topological polar surface area (TPSA) is 102 Å². The van der Waals surface area contributed by atoms with Crippen LogP contribution in [0.4, 0.5) is 0 Å². The summed E-state index contributed by atoms with van der Waals surface area (Å²) in [7, 11) is 0. The summed E-state index contributed by atoms with van der Waals surface area (Å²) in [4.78, 5) is 26.9. The molecule has 1 fully saturated rings. The minimum absolute atomic E-state index is 0.0496. The molecule has 1 aliphatic rings. The monoisotopic (exact) mass is 548 g/mol. The molecule has 39 heavy (non-hydrogen) atoms. The number of ether oxygens (including phenoxy) is 3. The number of thioether (sulfide) groups is 1. The van der Waals surface area contributed by atoms with Crippen LogP contribution in [0.1, 0.15) is 49.9 Å². The highest BCUT2D eigenvalue weighted by Crippen LogP contribution is 2.39. The SMILES string of the molecule is CCSC(=C(OC(=O)c1ccc(C)cc1)[C@H]1OC(O)[C@@H](O)[C@@H]1OC(=O)c1ccc(C)cc1)c1ccc(C)cc1. The zero-order valence-electron chi connectivity index (χ0n) is 22.3. The van der Waals surface area contributed by atoms with Gasteiger partial charge in [0.1, 0.15) is 6.10 Å². The summed E-state index contributed by atoms with van der Waals surface area (Å²) >= 11 is 1.41. The quantitative estimate of drug-likeness (QED) is 0.293. The van der Waals surface area contributed by atoms with Gasteiger partial charge in [0.15, 0.2) is 24.3 Å². The highest BCUT2D eigenvalue weighted by Gasteiger charge is 2.49. The second-order valence-corrected chi connectivity index (χ2v) is 10.7. The van der Waals surface area contributed by atoms with E-state index >= 15 is 0 Å². The Morgan fingerprint density at radius 3 is 1.72 bits per heavy atom. The Kier molecular flexibility index (Phi) is 9.24. The Morgan fingerprint density at radius 2 is 1.23 bits per heavy atom. The average Bonchev–Trinajstić information content (AvgIpc) is 3.20. The number of esters is 2. The molecule has 0 spiro atoms. The second-order valence-electron chi connectivity index (χ2n) is 9.42. The molecule has 7 nitrogen and oxygen atoms in total. The zero-order chi connectivity index (χ0) is 28.1. The van der Waals surface area contributed by atoms with Crippen LogP contribution < -0.4 is 0 Å². The third-order valence-corrected chi connectivity index (χ3v) is 7.33. The number of carbonyl (C=O) groups excluding carboxylic acids is 2. The standard InChI is InChI=1S/C31H32O7S/c1-5-39-28(21-12-6-18(2)7-13-21)27(38-30(34)23-16-10-20(4)11-17-23)26-25(24(32)31(35)37-26)36-29(33)22-14-8-19(3)9-15-22/h6-17,24-26,31-32,35H,5H2,1-4H3/t24-,25-,26-,31?/m0/s1. The first kappa shape index (κ1) is 28.6. The molecule has 8 heteroatoms. The number of hydrogen-bond donors (Lipinski definition) is 2. The minimum Gasteiger partial charge on any atom is -0.452 e. The molecule has 1 aliphatic heterocycles. The molecule has 1 saturated heterocycles. The molecule has 204 valence electrons. The van der Waals surface area contributed by atoms with Crippen LogP contribution in [0.2, 0.25) is 0 Å². The van der Waals surface area contributed by atoms with E-state index in [1.807, 2.05) is 52.0 Å². The maximum atomic E-state index is 13.3. The first-order valence-electron chi connectivity index (χ1n) is 12.7. The van der Waals surface area contributed by atoms with Crippen LogP contribution in [0.5, 0.6) is 0 Å². The summed E-state index contributed by atoms with van der Waals surface area (Å²) < 4.78 is 17.4. The van der Waals surface area contributed by atoms with Gasteiger partial charge in [-0.2, -0.15) is 0 Å². The first-order chi connectivity index (χ1) is 18.7. The lowest BCUT2D eigenvalue weighted by Gasteiger charge is -2.25. The molecule has 0 saturated carbocycles. The lowest BCUT2D eigenvalue weighted by atomic mass is 10.0. The number of aryl methyl sites for hydroxylation is 3. The third-order valence-electron chi connectivity index (χ3n) is 6.32. The number of hydrogen-bond acceptors (Lipinski definition) is 8. The second kappa shape index (κ2) is 12.6. The Labute approximate surface area is 232 Å². The molecule has 0 aliphatic carbocycles. The van der Waals surface area contributed by atoms with Gasteiger partial charge < -0.3 is 24.4 Å². The average molecular weight is 549 g/mol. The molecule has 2 N–H and O–H groups in total. The smallest absolute Gasteiger partial charge is 0.343 e. The summed E-state index contributed by atoms with van der Waals surface area (Å²) in [5, 5.41) is 21.3. The summed E-state index contributed by atoms with van der Waals surface area (Å²) in [6, 6.07) is 21.3. The third kappa shape index (κ3) is 6.78. The fraction of sp³-hybridized carbons (Fsp3) is 0.290. The molecule has 4 atom stereocenters. The largest absolute Gasteiger partial charge is 0.452 e. The Balaban J connectivity index is 1.78. The molecule has 0 amide bonds. The summed E-state index contributed by atoms with van der Waals surface area (Å²) in [6.45, 7) is 7.72. The van der Waals surface area contributed by atoms with Crippen molar-refractivity contribution in [3.63, 3.8) is 0 Å². The van der Waals surface area contributed by atoms with E-state index in [1.54, 1.807) is 48.5 Å². The van der Waals surface area contributed by atoms with Crippen LogP contribution in [-0.4, -0.2) is 52.5 Å². The van der Waals surface area contributed by atoms with Gasteiger partial charge in [0.2, 0.25) is 0 Å². The maximum absolute atomic E-state index is 13.3. The van der Waals surface area contributed by atoms with Crippen LogP contribution in [-0.2, 0) is 14.2 Å². The van der Waals surface area contributed by atoms with E-state index in [-0.39, 0.29) is 11.3 Å². The van der Waals surface area contributed by atoms with Gasteiger partial charge in [0.25, 0.3) is 0 Å². The van der Waals surface area contributed by atoms with Crippen molar-refractivity contribution in [3.05, 3.63) is 112 Å². The molecule has 1 unspecified atom stereocenters. The van der Waals surface area contributed by atoms with E-state index in [4.69, 9.17) is 14.2 Å². The van der Waals surface area contributed by atoms with Crippen molar-refractivity contribution in [2.24, 2.45) is 0 Å². The molecule has 3 aromatic carbocycles. The van der Waals surface area contributed by atoms with Crippen LogP contribution >= 0.6 is 11.8 Å². The van der Waals surface area contributed by atoms with E-state index in [0.717, 1.165) is 22.3 Å². The van der Waals surface area contributed by atoms with Crippen molar-refractivity contribution < 1.29 is 34.0 Å². The van der Waals surface area contributed by atoms with Gasteiger partial charge in [-0.25, -0.2) is 9.59 Å². The van der Waals surface area contributed by atoms with Crippen LogP contribution in [0.15, 0.2) is 78.6 Å². The highest BCUT2D eigenvalue weighted by molar-refractivity contribution is 8.08. The Bertz CT molecular complexity index is 1330. The summed E-state index contributed by atoms with van der Waals surface area (Å²) in [6.07, 6.45) is -5.82. The minimum atomic E-state index is -1.66. The fourth-order valence-corrected chi connectivity index (χ4v) is 4.99. The lowest BCUT2D eigenvalue weighted by molar-refractivity contribution is -0.125. The van der Waals surface area contributed by atoms with E-state index in [9.17, 15) is 19.8 Å². The van der Waals surface area contributed by atoms with Gasteiger partial charge in [-0.1, -0.05) is 72.1 Å². The number of benzene rings is 3. The number of carbonyl (C=O) groups is 2. The fourth-order valence-electron chi connectivity index (χ4n) is 4.10. The molecule has 1 heterocycles. The van der Waals surface area contributed by atoms with Crippen LogP contribution in [0.3, 0.4) is 0 Å². The summed E-state index contributed by atoms with van der Waals surface area (Å²) in [5.74, 6) is -0.672. The van der Waals surface area contributed by atoms with Crippen molar-refractivity contribution in [2.45, 2.75) is 52.3 Å². The van der Waals surface area contributed by atoms with Gasteiger partial charge in [-0.3, -0.25) is 0 Å². The van der Waals surface area contributed by atoms with Gasteiger partial charge >= 0.3 is 11.9 Å². The van der Waals surface area contributed by atoms with E-state index in [0.29, 0.717) is 16.2 Å². The Morgan fingerprint density at radius 1 is 0.769 bits per heavy atom. The van der Waals surface area contributed by atoms with Crippen LogP contribution in [0.25, 0.3) is 4.91 Å². The van der Waals surface area contributed by atoms with E-state index in [2.05, 4.69) is 0 Å². The normalized spacial score (nSPS) is 21.3. The van der Waals surface area contributed by atoms with Crippen molar-refractivity contribution >= 4 is 28.6 Å².